The van der Waals surface area contributed by atoms with Crippen LogP contribution in [-0.2, 0) is 12.4 Å². The Bertz CT molecular complexity index is 701. The molecule has 0 atom stereocenters. The third-order valence-electron chi connectivity index (χ3n) is 3.51. The van der Waals surface area contributed by atoms with Crippen molar-refractivity contribution in [3.05, 3.63) is 58.7 Å². The topological polar surface area (TPSA) is 30.5 Å². The predicted molar refractivity (Wildman–Crippen MR) is 102 cm³/mol. The molecule has 0 amide bonds. The second-order valence-corrected chi connectivity index (χ2v) is 5.94. The lowest BCUT2D eigenvalue weighted by Crippen LogP contribution is -2.22. The largest absolute Gasteiger partial charge is 0.488 e. The Morgan fingerprint density at radius 3 is 2.61 bits per heavy atom. The van der Waals surface area contributed by atoms with Gasteiger partial charge in [0, 0.05) is 18.4 Å². The molecular weight excluding hydrogens is 326 g/mol. The van der Waals surface area contributed by atoms with E-state index in [4.69, 9.17) is 21.7 Å². The molecule has 0 heterocycles. The Morgan fingerprint density at radius 2 is 1.96 bits per heavy atom. The summed E-state index contributed by atoms with van der Waals surface area (Å²) >= 11 is 9.49. The van der Waals surface area contributed by atoms with Gasteiger partial charge in [0.15, 0.2) is 0 Å². The van der Waals surface area contributed by atoms with Gasteiger partial charge in [-0.2, -0.15) is 12.6 Å². The van der Waals surface area contributed by atoms with E-state index in [1.54, 1.807) is 7.05 Å². The van der Waals surface area contributed by atoms with Crippen molar-refractivity contribution in [3.8, 4) is 11.5 Å². The summed E-state index contributed by atoms with van der Waals surface area (Å²) in [5.41, 5.74) is 4.35. The van der Waals surface area contributed by atoms with Crippen LogP contribution in [0.5, 0.6) is 11.5 Å². The molecule has 0 fully saturated rings. The Labute approximate surface area is 148 Å². The lowest BCUT2D eigenvalue weighted by molar-refractivity contribution is 0.299. The molecule has 2 rings (SSSR count). The second-order valence-electron chi connectivity index (χ2n) is 5.25. The minimum absolute atomic E-state index is 0.328. The van der Waals surface area contributed by atoms with Crippen LogP contribution >= 0.6 is 24.8 Å². The number of aryl methyl sites for hydroxylation is 2. The molecule has 0 aliphatic rings. The molecule has 0 aromatic heterocycles. The fraction of sp³-hybridized carbons (Fsp3) is 0.278. The van der Waals surface area contributed by atoms with Crippen LogP contribution in [0.25, 0.3) is 0 Å². The molecule has 0 aliphatic carbocycles. The van der Waals surface area contributed by atoms with Gasteiger partial charge in [-0.05, 0) is 49.3 Å². The van der Waals surface area contributed by atoms with Crippen LogP contribution in [0.3, 0.4) is 0 Å². The average Bonchev–Trinajstić information content (AvgIpc) is 2.54. The molecule has 0 spiro atoms. The minimum atomic E-state index is 0.328. The molecule has 1 N–H and O–H groups in total. The summed E-state index contributed by atoms with van der Waals surface area (Å²) in [6.45, 7) is 4.51. The molecular formula is C18H21NO2S2. The highest BCUT2D eigenvalue weighted by molar-refractivity contribution is 7.80. The van der Waals surface area contributed by atoms with E-state index in [0.29, 0.717) is 23.3 Å². The smallest absolute Gasteiger partial charge is 0.261 e. The van der Waals surface area contributed by atoms with Gasteiger partial charge in [0.1, 0.15) is 18.1 Å². The lowest BCUT2D eigenvalue weighted by atomic mass is 10.1. The van der Waals surface area contributed by atoms with Gasteiger partial charge >= 0.3 is 0 Å². The quantitative estimate of drug-likeness (QED) is 0.627. The standard InChI is InChI=1S/C18H21NO2S2/c1-12-7-8-16(13(2)9-12)20-10-15-14(11-22)5-4-6-17(15)21-18(23)19-3/h4-9,22H,10-11H2,1-3H3,(H,19,23). The summed E-state index contributed by atoms with van der Waals surface area (Å²) in [7, 11) is 1.73. The van der Waals surface area contributed by atoms with Crippen LogP contribution in [-0.4, -0.2) is 12.2 Å². The molecule has 122 valence electrons. The van der Waals surface area contributed by atoms with Crippen molar-refractivity contribution in [3.63, 3.8) is 0 Å². The number of ether oxygens (including phenoxy) is 2. The van der Waals surface area contributed by atoms with Crippen molar-refractivity contribution in [2.75, 3.05) is 7.05 Å². The Morgan fingerprint density at radius 1 is 1.17 bits per heavy atom. The first kappa shape index (κ1) is 17.6. The maximum atomic E-state index is 6.00. The van der Waals surface area contributed by atoms with Gasteiger partial charge < -0.3 is 14.8 Å². The Hall–Kier alpha value is -1.72. The van der Waals surface area contributed by atoms with E-state index in [2.05, 4.69) is 30.9 Å². The summed E-state index contributed by atoms with van der Waals surface area (Å²) in [6.07, 6.45) is 0. The molecule has 0 saturated heterocycles. The number of hydrogen-bond donors (Lipinski definition) is 2. The second kappa shape index (κ2) is 8.22. The number of benzene rings is 2. The van der Waals surface area contributed by atoms with Gasteiger partial charge in [0.25, 0.3) is 5.17 Å². The van der Waals surface area contributed by atoms with Gasteiger partial charge in [-0.3, -0.25) is 0 Å². The third-order valence-corrected chi connectivity index (χ3v) is 4.14. The number of thiocarbonyl (C=S) groups is 1. The first-order chi connectivity index (χ1) is 11.0. The van der Waals surface area contributed by atoms with Crippen molar-refractivity contribution in [2.24, 2.45) is 0 Å². The van der Waals surface area contributed by atoms with E-state index in [1.807, 2.05) is 37.3 Å². The first-order valence-electron chi connectivity index (χ1n) is 7.36. The summed E-state index contributed by atoms with van der Waals surface area (Å²) in [5, 5.41) is 3.14. The molecule has 0 bridgehead atoms. The highest BCUT2D eigenvalue weighted by atomic mass is 32.1. The van der Waals surface area contributed by atoms with Crippen LogP contribution in [0.1, 0.15) is 22.3 Å². The summed E-state index contributed by atoms with van der Waals surface area (Å²) in [4.78, 5) is 0. The molecule has 0 saturated carbocycles. The van der Waals surface area contributed by atoms with Gasteiger partial charge in [-0.25, -0.2) is 0 Å². The number of thiol groups is 1. The molecule has 0 aliphatic heterocycles. The Kier molecular flexibility index (Phi) is 6.30. The van der Waals surface area contributed by atoms with Crippen LogP contribution in [0.2, 0.25) is 0 Å². The van der Waals surface area contributed by atoms with Crippen molar-refractivity contribution in [1.82, 2.24) is 5.32 Å². The van der Waals surface area contributed by atoms with Crippen molar-refractivity contribution < 1.29 is 9.47 Å². The van der Waals surface area contributed by atoms with Crippen molar-refractivity contribution in [1.29, 1.82) is 0 Å². The minimum Gasteiger partial charge on any atom is -0.488 e. The molecule has 5 heteroatoms. The maximum Gasteiger partial charge on any atom is 0.261 e. The Balaban J connectivity index is 2.24. The van der Waals surface area contributed by atoms with Gasteiger partial charge in [-0.15, -0.1) is 0 Å². The van der Waals surface area contributed by atoms with E-state index >= 15 is 0 Å². The van der Waals surface area contributed by atoms with Gasteiger partial charge in [-0.1, -0.05) is 29.8 Å². The average molecular weight is 348 g/mol. The van der Waals surface area contributed by atoms with Crippen LogP contribution in [0, 0.1) is 13.8 Å². The van der Waals surface area contributed by atoms with E-state index in [9.17, 15) is 0 Å². The van der Waals surface area contributed by atoms with Crippen LogP contribution < -0.4 is 14.8 Å². The predicted octanol–water partition coefficient (Wildman–Crippen LogP) is 4.20. The zero-order valence-electron chi connectivity index (χ0n) is 13.6. The molecule has 23 heavy (non-hydrogen) atoms. The molecule has 0 radical (unpaired) electrons. The normalized spacial score (nSPS) is 10.3. The number of hydrogen-bond acceptors (Lipinski definition) is 4. The summed E-state index contributed by atoms with van der Waals surface area (Å²) < 4.78 is 11.7. The third kappa shape index (κ3) is 4.62. The molecule has 3 nitrogen and oxygen atoms in total. The zero-order chi connectivity index (χ0) is 16.8. The maximum absolute atomic E-state index is 6.00. The first-order valence-corrected chi connectivity index (χ1v) is 8.40. The van der Waals surface area contributed by atoms with Crippen LogP contribution in [0.15, 0.2) is 36.4 Å². The molecule has 2 aromatic rings. The lowest BCUT2D eigenvalue weighted by Gasteiger charge is -2.16. The van der Waals surface area contributed by atoms with E-state index in [-0.39, 0.29) is 0 Å². The number of rotatable bonds is 5. The van der Waals surface area contributed by atoms with Gasteiger partial charge in [0.2, 0.25) is 0 Å². The monoisotopic (exact) mass is 347 g/mol. The fourth-order valence-corrected chi connectivity index (χ4v) is 2.67. The van der Waals surface area contributed by atoms with Crippen molar-refractivity contribution in [2.45, 2.75) is 26.2 Å². The number of nitrogens with one attached hydrogen (secondary N) is 1. The van der Waals surface area contributed by atoms with Gasteiger partial charge in [0.05, 0.1) is 0 Å². The SMILES string of the molecule is CNC(=S)Oc1cccc(CS)c1COc1ccc(C)cc1C. The molecule has 2 aromatic carbocycles. The highest BCUT2D eigenvalue weighted by Gasteiger charge is 2.12. The van der Waals surface area contributed by atoms with E-state index in [0.717, 1.165) is 22.4 Å². The van der Waals surface area contributed by atoms with Crippen LogP contribution in [0.4, 0.5) is 0 Å². The zero-order valence-corrected chi connectivity index (χ0v) is 15.3. The van der Waals surface area contributed by atoms with E-state index in [1.165, 1.54) is 5.56 Å². The summed E-state index contributed by atoms with van der Waals surface area (Å²) in [6, 6.07) is 12.0. The fourth-order valence-electron chi connectivity index (χ4n) is 2.28. The summed E-state index contributed by atoms with van der Waals surface area (Å²) in [5.74, 6) is 2.17. The van der Waals surface area contributed by atoms with Crippen molar-refractivity contribution >= 4 is 30.0 Å². The van der Waals surface area contributed by atoms with E-state index < -0.39 is 0 Å². The highest BCUT2D eigenvalue weighted by Crippen LogP contribution is 2.27. The molecule has 0 unspecified atom stereocenters.